The van der Waals surface area contributed by atoms with Crippen LogP contribution in [0.15, 0.2) is 48.8 Å². The largest absolute Gasteiger partial charge is 0.395 e. The van der Waals surface area contributed by atoms with E-state index in [1.54, 1.807) is 17.8 Å². The van der Waals surface area contributed by atoms with Crippen molar-refractivity contribution in [2.75, 3.05) is 43.6 Å². The van der Waals surface area contributed by atoms with E-state index in [9.17, 15) is 17.9 Å². The molecule has 0 atom stereocenters. The van der Waals surface area contributed by atoms with Crippen LogP contribution in [0.5, 0.6) is 0 Å². The quantitative estimate of drug-likeness (QED) is 0.336. The SMILES string of the molecule is CNc1ccc(-c2ccc3c(CCN(CCO)C4CCS(=O)(=O)CC4)cn(-c4ccn(C)n4)c3n2)cc1F. The standard InChI is InChI=1S/C27H33FN6O3S/c1-29-25-5-3-19(17-23(25)28)24-6-4-22-20(18-34(27(22)30-24)26-8-11-32(2)31-26)7-12-33(13-14-35)21-9-15-38(36,37)16-10-21/h3-6,8,11,17-18,21,29,35H,7,9-10,12-16H2,1-2H3. The van der Waals surface area contributed by atoms with Gasteiger partial charge in [-0.05, 0) is 49.1 Å². The predicted molar refractivity (Wildman–Crippen MR) is 147 cm³/mol. The van der Waals surface area contributed by atoms with Crippen molar-refractivity contribution in [2.24, 2.45) is 7.05 Å². The average Bonchev–Trinajstić information content (AvgIpc) is 3.49. The summed E-state index contributed by atoms with van der Waals surface area (Å²) in [7, 11) is 0.586. The smallest absolute Gasteiger partial charge is 0.160 e. The Kier molecular flexibility index (Phi) is 7.51. The first-order chi connectivity index (χ1) is 18.3. The Balaban J connectivity index is 1.48. The minimum Gasteiger partial charge on any atom is -0.395 e. The van der Waals surface area contributed by atoms with Gasteiger partial charge < -0.3 is 10.4 Å². The van der Waals surface area contributed by atoms with Crippen LogP contribution >= 0.6 is 0 Å². The first kappa shape index (κ1) is 26.3. The highest BCUT2D eigenvalue weighted by Gasteiger charge is 2.28. The Bertz CT molecular complexity index is 1530. The van der Waals surface area contributed by atoms with Crippen LogP contribution in [0.3, 0.4) is 0 Å². The fraction of sp³-hybridized carbons (Fsp3) is 0.407. The molecule has 0 bridgehead atoms. The summed E-state index contributed by atoms with van der Waals surface area (Å²) in [6.45, 7) is 1.21. The summed E-state index contributed by atoms with van der Waals surface area (Å²) in [5.41, 5.74) is 3.57. The van der Waals surface area contributed by atoms with Crippen molar-refractivity contribution in [3.63, 3.8) is 0 Å². The lowest BCUT2D eigenvalue weighted by Crippen LogP contribution is -2.43. The minimum atomic E-state index is -2.96. The lowest BCUT2D eigenvalue weighted by atomic mass is 10.1. The third kappa shape index (κ3) is 5.45. The number of fused-ring (bicyclic) bond motifs is 1. The summed E-state index contributed by atoms with van der Waals surface area (Å²) in [6.07, 6.45) is 5.79. The van der Waals surface area contributed by atoms with E-state index >= 15 is 0 Å². The minimum absolute atomic E-state index is 0.0206. The molecule has 1 aromatic carbocycles. The number of aliphatic hydroxyl groups is 1. The van der Waals surface area contributed by atoms with Gasteiger partial charge in [-0.15, -0.1) is 0 Å². The van der Waals surface area contributed by atoms with E-state index in [0.717, 1.165) is 22.4 Å². The summed E-state index contributed by atoms with van der Waals surface area (Å²) < 4.78 is 42.0. The molecule has 0 radical (unpaired) electrons. The molecule has 4 aromatic rings. The Hall–Kier alpha value is -3.28. The maximum atomic E-state index is 14.5. The van der Waals surface area contributed by atoms with Gasteiger partial charge in [0.25, 0.3) is 0 Å². The number of aliphatic hydroxyl groups excluding tert-OH is 1. The molecular formula is C27H33FN6O3S. The molecular weight excluding hydrogens is 507 g/mol. The summed E-state index contributed by atoms with van der Waals surface area (Å²) in [4.78, 5) is 7.12. The Morgan fingerprint density at radius 3 is 2.61 bits per heavy atom. The van der Waals surface area contributed by atoms with Gasteiger partial charge >= 0.3 is 0 Å². The maximum absolute atomic E-state index is 14.5. The predicted octanol–water partition coefficient (Wildman–Crippen LogP) is 3.02. The molecule has 0 aliphatic carbocycles. The van der Waals surface area contributed by atoms with E-state index in [-0.39, 0.29) is 30.0 Å². The molecule has 5 rings (SSSR count). The van der Waals surface area contributed by atoms with E-state index in [2.05, 4.69) is 15.3 Å². The van der Waals surface area contributed by atoms with Gasteiger partial charge in [0, 0.05) is 62.6 Å². The van der Waals surface area contributed by atoms with Gasteiger partial charge in [-0.2, -0.15) is 5.10 Å². The van der Waals surface area contributed by atoms with Crippen LogP contribution in [-0.2, 0) is 23.3 Å². The molecule has 1 fully saturated rings. The molecule has 9 nitrogen and oxygen atoms in total. The molecule has 3 aromatic heterocycles. The van der Waals surface area contributed by atoms with Gasteiger partial charge in [-0.3, -0.25) is 14.1 Å². The molecule has 0 amide bonds. The summed E-state index contributed by atoms with van der Waals surface area (Å²) in [5, 5.41) is 18.1. The summed E-state index contributed by atoms with van der Waals surface area (Å²) in [6, 6.07) is 11.0. The maximum Gasteiger partial charge on any atom is 0.160 e. The number of nitrogens with zero attached hydrogens (tertiary/aromatic N) is 5. The van der Waals surface area contributed by atoms with Crippen LogP contribution in [0.2, 0.25) is 0 Å². The van der Waals surface area contributed by atoms with Crippen molar-refractivity contribution in [2.45, 2.75) is 25.3 Å². The van der Waals surface area contributed by atoms with Gasteiger partial charge in [-0.25, -0.2) is 17.8 Å². The van der Waals surface area contributed by atoms with Gasteiger partial charge in [0.1, 0.15) is 21.3 Å². The monoisotopic (exact) mass is 540 g/mol. The first-order valence-electron chi connectivity index (χ1n) is 12.8. The van der Waals surface area contributed by atoms with Gasteiger partial charge in [0.05, 0.1) is 29.5 Å². The fourth-order valence-electron chi connectivity index (χ4n) is 5.22. The van der Waals surface area contributed by atoms with E-state index in [1.165, 1.54) is 6.07 Å². The number of anilines is 1. The number of pyridine rings is 1. The number of sulfone groups is 1. The lowest BCUT2D eigenvalue weighted by molar-refractivity contribution is 0.143. The number of hydrogen-bond acceptors (Lipinski definition) is 7. The van der Waals surface area contributed by atoms with Crippen LogP contribution in [0.4, 0.5) is 10.1 Å². The van der Waals surface area contributed by atoms with Crippen molar-refractivity contribution >= 4 is 26.6 Å². The van der Waals surface area contributed by atoms with E-state index in [4.69, 9.17) is 4.98 Å². The third-order valence-electron chi connectivity index (χ3n) is 7.31. The highest BCUT2D eigenvalue weighted by molar-refractivity contribution is 7.91. The van der Waals surface area contributed by atoms with Crippen LogP contribution < -0.4 is 5.32 Å². The topological polar surface area (TPSA) is 105 Å². The Labute approximate surface area is 221 Å². The van der Waals surface area contributed by atoms with Crippen molar-refractivity contribution in [1.29, 1.82) is 0 Å². The van der Waals surface area contributed by atoms with Gasteiger partial charge in [0.2, 0.25) is 0 Å². The normalized spacial score (nSPS) is 15.9. The van der Waals surface area contributed by atoms with E-state index in [1.807, 2.05) is 48.3 Å². The second kappa shape index (κ2) is 10.8. The fourth-order valence-corrected chi connectivity index (χ4v) is 6.69. The molecule has 0 saturated carbocycles. The third-order valence-corrected chi connectivity index (χ3v) is 9.03. The van der Waals surface area contributed by atoms with Crippen molar-refractivity contribution in [3.05, 3.63) is 60.2 Å². The molecule has 1 aliphatic heterocycles. The molecule has 1 aliphatic rings. The van der Waals surface area contributed by atoms with E-state index < -0.39 is 9.84 Å². The molecule has 4 heterocycles. The number of halogens is 1. The van der Waals surface area contributed by atoms with Crippen molar-refractivity contribution in [1.82, 2.24) is 24.2 Å². The number of benzene rings is 1. The van der Waals surface area contributed by atoms with Crippen LogP contribution in [-0.4, -0.2) is 82.0 Å². The highest BCUT2D eigenvalue weighted by atomic mass is 32.2. The summed E-state index contributed by atoms with van der Waals surface area (Å²) in [5.74, 6) is 0.782. The zero-order valence-corrected chi connectivity index (χ0v) is 22.5. The summed E-state index contributed by atoms with van der Waals surface area (Å²) >= 11 is 0. The number of aryl methyl sites for hydroxylation is 1. The second-order valence-corrected chi connectivity index (χ2v) is 12.1. The second-order valence-electron chi connectivity index (χ2n) is 9.78. The van der Waals surface area contributed by atoms with Crippen LogP contribution in [0.25, 0.3) is 28.1 Å². The Morgan fingerprint density at radius 1 is 1.16 bits per heavy atom. The zero-order chi connectivity index (χ0) is 26.9. The highest BCUT2D eigenvalue weighted by Crippen LogP contribution is 2.29. The van der Waals surface area contributed by atoms with Crippen LogP contribution in [0, 0.1) is 5.82 Å². The lowest BCUT2D eigenvalue weighted by Gasteiger charge is -2.33. The molecule has 202 valence electrons. The van der Waals surface area contributed by atoms with Crippen molar-refractivity contribution < 1.29 is 17.9 Å². The molecule has 11 heteroatoms. The molecule has 2 N–H and O–H groups in total. The molecule has 1 saturated heterocycles. The first-order valence-corrected chi connectivity index (χ1v) is 14.6. The zero-order valence-electron chi connectivity index (χ0n) is 21.6. The average molecular weight is 541 g/mol. The van der Waals surface area contributed by atoms with Gasteiger partial charge in [0.15, 0.2) is 5.82 Å². The number of nitrogens with one attached hydrogen (secondary N) is 1. The number of aromatic nitrogens is 4. The number of hydrogen-bond donors (Lipinski definition) is 2. The van der Waals surface area contributed by atoms with Crippen molar-refractivity contribution in [3.8, 4) is 17.1 Å². The van der Waals surface area contributed by atoms with E-state index in [0.29, 0.717) is 49.3 Å². The molecule has 0 unspecified atom stereocenters. The number of rotatable bonds is 9. The molecule has 0 spiro atoms. The molecule has 38 heavy (non-hydrogen) atoms. The van der Waals surface area contributed by atoms with Gasteiger partial charge in [-0.1, -0.05) is 6.07 Å². The van der Waals surface area contributed by atoms with Crippen LogP contribution in [0.1, 0.15) is 18.4 Å². The Morgan fingerprint density at radius 2 is 1.95 bits per heavy atom.